The fourth-order valence-corrected chi connectivity index (χ4v) is 2.64. The molecular formula is C12H19N3O3. The van der Waals surface area contributed by atoms with E-state index < -0.39 is 6.04 Å². The molecule has 0 saturated carbocycles. The molecule has 2 fully saturated rings. The van der Waals surface area contributed by atoms with Crippen molar-refractivity contribution < 1.29 is 14.4 Å². The highest BCUT2D eigenvalue weighted by Gasteiger charge is 2.39. The van der Waals surface area contributed by atoms with Gasteiger partial charge < -0.3 is 5.32 Å². The molecule has 3 amide bonds. The molecule has 2 heterocycles. The molecule has 0 aliphatic carbocycles. The van der Waals surface area contributed by atoms with Gasteiger partial charge in [0.1, 0.15) is 6.04 Å². The zero-order valence-electron chi connectivity index (χ0n) is 10.8. The first kappa shape index (κ1) is 12.9. The van der Waals surface area contributed by atoms with Crippen LogP contribution in [0.4, 0.5) is 0 Å². The van der Waals surface area contributed by atoms with Crippen LogP contribution in [0.1, 0.15) is 39.5 Å². The molecule has 0 aromatic heterocycles. The Morgan fingerprint density at radius 1 is 1.33 bits per heavy atom. The summed E-state index contributed by atoms with van der Waals surface area (Å²) in [6.45, 7) is 3.92. The van der Waals surface area contributed by atoms with Crippen molar-refractivity contribution in [2.45, 2.75) is 51.6 Å². The standard InChI is InChI=1S/C12H19N3O3/c1-8-4-3-7-14-11(17)6-5-10(13-9(2)16)12(18)15(8)14/h8,10H,3-7H2,1-2H3,(H,13,16). The van der Waals surface area contributed by atoms with E-state index in [0.717, 1.165) is 12.8 Å². The minimum Gasteiger partial charge on any atom is -0.344 e. The lowest BCUT2D eigenvalue weighted by molar-refractivity contribution is -0.172. The first-order valence-electron chi connectivity index (χ1n) is 6.41. The Kier molecular flexibility index (Phi) is 3.54. The summed E-state index contributed by atoms with van der Waals surface area (Å²) in [6, 6.07) is -0.554. The van der Waals surface area contributed by atoms with E-state index in [4.69, 9.17) is 0 Å². The zero-order valence-corrected chi connectivity index (χ0v) is 10.8. The van der Waals surface area contributed by atoms with Crippen molar-refractivity contribution in [2.75, 3.05) is 6.54 Å². The van der Waals surface area contributed by atoms with Crippen molar-refractivity contribution in [1.29, 1.82) is 0 Å². The first-order valence-corrected chi connectivity index (χ1v) is 6.41. The number of nitrogens with one attached hydrogen (secondary N) is 1. The van der Waals surface area contributed by atoms with Crippen molar-refractivity contribution in [3.05, 3.63) is 0 Å². The Balaban J connectivity index is 2.23. The molecule has 2 saturated heterocycles. The average Bonchev–Trinajstić information content (AvgIpc) is 2.42. The SMILES string of the molecule is CC(=O)NC1CCC(=O)N2CCCC(C)N2C1=O. The summed E-state index contributed by atoms with van der Waals surface area (Å²) in [5.41, 5.74) is 0. The molecule has 2 rings (SSSR count). The third-order valence-electron chi connectivity index (χ3n) is 3.51. The van der Waals surface area contributed by atoms with Gasteiger partial charge in [0.15, 0.2) is 0 Å². The summed E-state index contributed by atoms with van der Waals surface area (Å²) < 4.78 is 0. The summed E-state index contributed by atoms with van der Waals surface area (Å²) in [7, 11) is 0. The fourth-order valence-electron chi connectivity index (χ4n) is 2.64. The summed E-state index contributed by atoms with van der Waals surface area (Å²) >= 11 is 0. The van der Waals surface area contributed by atoms with Gasteiger partial charge in [-0.1, -0.05) is 0 Å². The minimum absolute atomic E-state index is 0.0181. The van der Waals surface area contributed by atoms with Gasteiger partial charge in [-0.15, -0.1) is 0 Å². The van der Waals surface area contributed by atoms with Crippen LogP contribution in [0.5, 0.6) is 0 Å². The Morgan fingerprint density at radius 2 is 2.06 bits per heavy atom. The molecule has 6 heteroatoms. The molecule has 18 heavy (non-hydrogen) atoms. The number of nitrogens with zero attached hydrogens (tertiary/aromatic N) is 2. The zero-order chi connectivity index (χ0) is 13.3. The Hall–Kier alpha value is -1.59. The number of rotatable bonds is 1. The van der Waals surface area contributed by atoms with Crippen LogP contribution in [0.2, 0.25) is 0 Å². The van der Waals surface area contributed by atoms with Gasteiger partial charge in [-0.3, -0.25) is 19.4 Å². The number of amides is 3. The highest BCUT2D eigenvalue weighted by atomic mass is 16.2. The topological polar surface area (TPSA) is 69.7 Å². The largest absolute Gasteiger partial charge is 0.344 e. The van der Waals surface area contributed by atoms with Gasteiger partial charge in [0.05, 0.1) is 6.04 Å². The quantitative estimate of drug-likeness (QED) is 0.717. The van der Waals surface area contributed by atoms with Crippen molar-refractivity contribution in [3.8, 4) is 0 Å². The van der Waals surface area contributed by atoms with E-state index in [1.54, 1.807) is 10.0 Å². The lowest BCUT2D eigenvalue weighted by Gasteiger charge is -2.42. The third-order valence-corrected chi connectivity index (χ3v) is 3.51. The van der Waals surface area contributed by atoms with E-state index in [9.17, 15) is 14.4 Å². The number of carbonyl (C=O) groups is 3. The summed E-state index contributed by atoms with van der Waals surface area (Å²) in [5, 5.41) is 5.73. The van der Waals surface area contributed by atoms with E-state index in [1.165, 1.54) is 6.92 Å². The summed E-state index contributed by atoms with van der Waals surface area (Å²) in [5.74, 6) is -0.426. The Bertz CT molecular complexity index is 383. The van der Waals surface area contributed by atoms with Crippen LogP contribution in [-0.4, -0.2) is 46.4 Å². The molecule has 2 aliphatic heterocycles. The van der Waals surface area contributed by atoms with Crippen LogP contribution in [-0.2, 0) is 14.4 Å². The summed E-state index contributed by atoms with van der Waals surface area (Å²) in [4.78, 5) is 35.5. The third kappa shape index (κ3) is 2.32. The van der Waals surface area contributed by atoms with Gasteiger partial charge in [-0.05, 0) is 26.2 Å². The maximum absolute atomic E-state index is 12.4. The normalized spacial score (nSPS) is 28.8. The highest BCUT2D eigenvalue weighted by Crippen LogP contribution is 2.24. The molecule has 6 nitrogen and oxygen atoms in total. The fraction of sp³-hybridized carbons (Fsp3) is 0.750. The van der Waals surface area contributed by atoms with Crippen LogP contribution < -0.4 is 5.32 Å². The van der Waals surface area contributed by atoms with Crippen LogP contribution in [0.3, 0.4) is 0 Å². The number of hydrazine groups is 1. The van der Waals surface area contributed by atoms with Gasteiger partial charge in [-0.2, -0.15) is 0 Å². The molecular weight excluding hydrogens is 234 g/mol. The van der Waals surface area contributed by atoms with Gasteiger partial charge in [0.2, 0.25) is 11.8 Å². The predicted molar refractivity (Wildman–Crippen MR) is 64.1 cm³/mol. The van der Waals surface area contributed by atoms with E-state index >= 15 is 0 Å². The molecule has 2 unspecified atom stereocenters. The van der Waals surface area contributed by atoms with Crippen molar-refractivity contribution in [2.24, 2.45) is 0 Å². The molecule has 2 atom stereocenters. The van der Waals surface area contributed by atoms with E-state index in [0.29, 0.717) is 19.4 Å². The molecule has 2 aliphatic rings. The molecule has 0 spiro atoms. The van der Waals surface area contributed by atoms with Crippen molar-refractivity contribution >= 4 is 17.7 Å². The number of fused-ring (bicyclic) bond motifs is 1. The van der Waals surface area contributed by atoms with Crippen LogP contribution in [0, 0.1) is 0 Å². The van der Waals surface area contributed by atoms with Gasteiger partial charge >= 0.3 is 0 Å². The van der Waals surface area contributed by atoms with E-state index in [1.807, 2.05) is 6.92 Å². The van der Waals surface area contributed by atoms with Crippen LogP contribution in [0.25, 0.3) is 0 Å². The molecule has 0 aromatic carbocycles. The van der Waals surface area contributed by atoms with Crippen molar-refractivity contribution in [3.63, 3.8) is 0 Å². The second-order valence-corrected chi connectivity index (χ2v) is 4.98. The lowest BCUT2D eigenvalue weighted by Crippen LogP contribution is -2.59. The number of carbonyl (C=O) groups excluding carboxylic acids is 3. The Morgan fingerprint density at radius 3 is 2.72 bits per heavy atom. The Labute approximate surface area is 106 Å². The number of hydrogen-bond donors (Lipinski definition) is 1. The second-order valence-electron chi connectivity index (χ2n) is 4.98. The smallest absolute Gasteiger partial charge is 0.263 e. The first-order chi connectivity index (χ1) is 8.50. The molecule has 0 radical (unpaired) electrons. The van der Waals surface area contributed by atoms with Crippen LogP contribution in [0.15, 0.2) is 0 Å². The molecule has 0 aromatic rings. The lowest BCUT2D eigenvalue weighted by atomic mass is 10.1. The molecule has 100 valence electrons. The maximum Gasteiger partial charge on any atom is 0.263 e. The average molecular weight is 253 g/mol. The summed E-state index contributed by atoms with van der Waals surface area (Å²) in [6.07, 6.45) is 2.50. The van der Waals surface area contributed by atoms with Crippen LogP contribution >= 0.6 is 0 Å². The second kappa shape index (κ2) is 4.96. The predicted octanol–water partition coefficient (Wildman–Crippen LogP) is 0.0394. The highest BCUT2D eigenvalue weighted by molar-refractivity contribution is 5.91. The number of hydrogen-bond acceptors (Lipinski definition) is 3. The van der Waals surface area contributed by atoms with Gasteiger partial charge in [0, 0.05) is 19.9 Å². The van der Waals surface area contributed by atoms with Gasteiger partial charge in [0.25, 0.3) is 5.91 Å². The van der Waals surface area contributed by atoms with E-state index in [2.05, 4.69) is 5.32 Å². The monoisotopic (exact) mass is 253 g/mol. The van der Waals surface area contributed by atoms with Crippen molar-refractivity contribution in [1.82, 2.24) is 15.3 Å². The molecule has 1 N–H and O–H groups in total. The maximum atomic E-state index is 12.4. The molecule has 0 bridgehead atoms. The van der Waals surface area contributed by atoms with E-state index in [-0.39, 0.29) is 23.8 Å². The minimum atomic E-state index is -0.572. The van der Waals surface area contributed by atoms with Gasteiger partial charge in [-0.25, -0.2) is 5.01 Å².